The van der Waals surface area contributed by atoms with Gasteiger partial charge in [0.25, 0.3) is 0 Å². The SMILES string of the molecule is CCOC(=O)c1ccc(NC(=O)CCN2CCC(Cc3ccccc3)CC2)cc1. The van der Waals surface area contributed by atoms with Crippen molar-refractivity contribution in [2.24, 2.45) is 5.92 Å². The van der Waals surface area contributed by atoms with Crippen LogP contribution in [0.5, 0.6) is 0 Å². The van der Waals surface area contributed by atoms with E-state index in [1.54, 1.807) is 31.2 Å². The fourth-order valence-corrected chi connectivity index (χ4v) is 3.75. The van der Waals surface area contributed by atoms with Crippen molar-refractivity contribution in [3.05, 3.63) is 65.7 Å². The van der Waals surface area contributed by atoms with Crippen molar-refractivity contribution in [3.63, 3.8) is 0 Å². The summed E-state index contributed by atoms with van der Waals surface area (Å²) in [5, 5.41) is 2.90. The van der Waals surface area contributed by atoms with Crippen LogP contribution in [0.15, 0.2) is 54.6 Å². The first kappa shape index (κ1) is 21.1. The van der Waals surface area contributed by atoms with E-state index in [9.17, 15) is 9.59 Å². The molecule has 3 rings (SSSR count). The maximum absolute atomic E-state index is 12.3. The van der Waals surface area contributed by atoms with Gasteiger partial charge in [-0.2, -0.15) is 0 Å². The fourth-order valence-electron chi connectivity index (χ4n) is 3.75. The molecule has 5 nitrogen and oxygen atoms in total. The van der Waals surface area contributed by atoms with Crippen molar-refractivity contribution >= 4 is 17.6 Å². The molecule has 1 N–H and O–H groups in total. The van der Waals surface area contributed by atoms with Gasteiger partial charge in [0.2, 0.25) is 5.91 Å². The summed E-state index contributed by atoms with van der Waals surface area (Å²) in [6, 6.07) is 17.5. The Morgan fingerprint density at radius 1 is 1.03 bits per heavy atom. The highest BCUT2D eigenvalue weighted by molar-refractivity contribution is 5.93. The zero-order chi connectivity index (χ0) is 20.5. The van der Waals surface area contributed by atoms with E-state index in [2.05, 4.69) is 40.5 Å². The molecule has 0 atom stereocenters. The van der Waals surface area contributed by atoms with Gasteiger partial charge in [0, 0.05) is 18.7 Å². The van der Waals surface area contributed by atoms with Crippen LogP contribution in [-0.4, -0.2) is 43.0 Å². The highest BCUT2D eigenvalue weighted by Gasteiger charge is 2.20. The number of amides is 1. The molecule has 0 saturated carbocycles. The summed E-state index contributed by atoms with van der Waals surface area (Å²) in [7, 11) is 0. The topological polar surface area (TPSA) is 58.6 Å². The Balaban J connectivity index is 1.36. The molecule has 0 aromatic heterocycles. The number of likely N-dealkylation sites (tertiary alicyclic amines) is 1. The number of hydrogen-bond donors (Lipinski definition) is 1. The highest BCUT2D eigenvalue weighted by atomic mass is 16.5. The second-order valence-electron chi connectivity index (χ2n) is 7.57. The van der Waals surface area contributed by atoms with Gasteiger partial charge in [-0.1, -0.05) is 30.3 Å². The summed E-state index contributed by atoms with van der Waals surface area (Å²) in [5.74, 6) is 0.390. The lowest BCUT2D eigenvalue weighted by molar-refractivity contribution is -0.116. The Hall–Kier alpha value is -2.66. The zero-order valence-corrected chi connectivity index (χ0v) is 17.1. The minimum Gasteiger partial charge on any atom is -0.462 e. The molecule has 0 spiro atoms. The molecule has 1 aliphatic heterocycles. The molecule has 0 bridgehead atoms. The number of nitrogens with one attached hydrogen (secondary N) is 1. The van der Waals surface area contributed by atoms with Gasteiger partial charge in [-0.15, -0.1) is 0 Å². The molecule has 1 fully saturated rings. The zero-order valence-electron chi connectivity index (χ0n) is 17.1. The molecule has 0 unspecified atom stereocenters. The van der Waals surface area contributed by atoms with Crippen LogP contribution in [0.2, 0.25) is 0 Å². The fraction of sp³-hybridized carbons (Fsp3) is 0.417. The third-order valence-electron chi connectivity index (χ3n) is 5.41. The molecule has 154 valence electrons. The van der Waals surface area contributed by atoms with E-state index < -0.39 is 0 Å². The smallest absolute Gasteiger partial charge is 0.338 e. The Kier molecular flexibility index (Phi) is 7.82. The predicted molar refractivity (Wildman–Crippen MR) is 115 cm³/mol. The van der Waals surface area contributed by atoms with Crippen LogP contribution in [0.3, 0.4) is 0 Å². The second-order valence-corrected chi connectivity index (χ2v) is 7.57. The molecule has 1 amide bonds. The van der Waals surface area contributed by atoms with Crippen LogP contribution >= 0.6 is 0 Å². The first-order valence-electron chi connectivity index (χ1n) is 10.5. The van der Waals surface area contributed by atoms with Gasteiger partial charge >= 0.3 is 5.97 Å². The number of rotatable bonds is 8. The van der Waals surface area contributed by atoms with E-state index >= 15 is 0 Å². The van der Waals surface area contributed by atoms with Crippen LogP contribution in [0.25, 0.3) is 0 Å². The van der Waals surface area contributed by atoms with Gasteiger partial charge < -0.3 is 15.0 Å². The van der Waals surface area contributed by atoms with Gasteiger partial charge in [-0.3, -0.25) is 4.79 Å². The number of carbonyl (C=O) groups is 2. The number of piperidine rings is 1. The molecule has 0 radical (unpaired) electrons. The molecule has 5 heteroatoms. The quantitative estimate of drug-likeness (QED) is 0.684. The molecule has 2 aromatic carbocycles. The first-order chi connectivity index (χ1) is 14.1. The lowest BCUT2D eigenvalue weighted by atomic mass is 9.90. The first-order valence-corrected chi connectivity index (χ1v) is 10.5. The molecule has 29 heavy (non-hydrogen) atoms. The number of hydrogen-bond acceptors (Lipinski definition) is 4. The van der Waals surface area contributed by atoms with Crippen LogP contribution in [0.4, 0.5) is 5.69 Å². The van der Waals surface area contributed by atoms with E-state index in [0.29, 0.717) is 24.3 Å². The van der Waals surface area contributed by atoms with Gasteiger partial charge in [0.1, 0.15) is 0 Å². The summed E-state index contributed by atoms with van der Waals surface area (Å²) in [4.78, 5) is 26.3. The van der Waals surface area contributed by atoms with Crippen LogP contribution < -0.4 is 5.32 Å². The molecule has 2 aromatic rings. The molecule has 0 aliphatic carbocycles. The minimum absolute atomic E-state index is 0.000272. The number of benzene rings is 2. The lowest BCUT2D eigenvalue weighted by Crippen LogP contribution is -2.36. The molecule has 1 aliphatic rings. The van der Waals surface area contributed by atoms with Gasteiger partial charge in [-0.25, -0.2) is 4.79 Å². The third kappa shape index (κ3) is 6.71. The largest absolute Gasteiger partial charge is 0.462 e. The molecule has 1 heterocycles. The summed E-state index contributed by atoms with van der Waals surface area (Å²) in [5.41, 5.74) is 2.60. The van der Waals surface area contributed by atoms with Gasteiger partial charge in [0.15, 0.2) is 0 Å². The Morgan fingerprint density at radius 3 is 2.38 bits per heavy atom. The van der Waals surface area contributed by atoms with E-state index in [-0.39, 0.29) is 11.9 Å². The van der Waals surface area contributed by atoms with Crippen molar-refractivity contribution in [2.45, 2.75) is 32.6 Å². The number of anilines is 1. The van der Waals surface area contributed by atoms with Gasteiger partial charge in [0.05, 0.1) is 12.2 Å². The van der Waals surface area contributed by atoms with Crippen molar-refractivity contribution in [1.29, 1.82) is 0 Å². The maximum Gasteiger partial charge on any atom is 0.338 e. The van der Waals surface area contributed by atoms with Crippen molar-refractivity contribution < 1.29 is 14.3 Å². The monoisotopic (exact) mass is 394 g/mol. The summed E-state index contributed by atoms with van der Waals surface area (Å²) >= 11 is 0. The summed E-state index contributed by atoms with van der Waals surface area (Å²) in [6.45, 7) is 5.02. The number of carbonyl (C=O) groups excluding carboxylic acids is 2. The lowest BCUT2D eigenvalue weighted by Gasteiger charge is -2.31. The second kappa shape index (κ2) is 10.8. The third-order valence-corrected chi connectivity index (χ3v) is 5.41. The van der Waals surface area contributed by atoms with Crippen molar-refractivity contribution in [2.75, 3.05) is 31.6 Å². The Labute approximate surface area is 173 Å². The van der Waals surface area contributed by atoms with Crippen LogP contribution in [-0.2, 0) is 16.0 Å². The Bertz CT molecular complexity index is 782. The van der Waals surface area contributed by atoms with Gasteiger partial charge in [-0.05, 0) is 75.0 Å². The molecular weight excluding hydrogens is 364 g/mol. The number of nitrogens with zero attached hydrogens (tertiary/aromatic N) is 1. The molecule has 1 saturated heterocycles. The minimum atomic E-state index is -0.346. The van der Waals surface area contributed by atoms with E-state index in [4.69, 9.17) is 4.74 Å². The number of ether oxygens (including phenoxy) is 1. The van der Waals surface area contributed by atoms with E-state index in [0.717, 1.165) is 32.0 Å². The summed E-state index contributed by atoms with van der Waals surface area (Å²) in [6.07, 6.45) is 4.00. The van der Waals surface area contributed by atoms with Crippen LogP contribution in [0.1, 0.15) is 42.1 Å². The number of esters is 1. The van der Waals surface area contributed by atoms with Crippen molar-refractivity contribution in [1.82, 2.24) is 4.90 Å². The normalized spacial score (nSPS) is 15.1. The average molecular weight is 395 g/mol. The van der Waals surface area contributed by atoms with E-state index in [1.807, 2.05) is 0 Å². The predicted octanol–water partition coefficient (Wildman–Crippen LogP) is 4.15. The molecular formula is C24H30N2O3. The maximum atomic E-state index is 12.3. The van der Waals surface area contributed by atoms with Crippen molar-refractivity contribution in [3.8, 4) is 0 Å². The average Bonchev–Trinajstić information content (AvgIpc) is 2.75. The van der Waals surface area contributed by atoms with Crippen LogP contribution in [0, 0.1) is 5.92 Å². The standard InChI is InChI=1S/C24H30N2O3/c1-2-29-24(28)21-8-10-22(11-9-21)25-23(27)14-17-26-15-12-20(13-16-26)18-19-6-4-3-5-7-19/h3-11,20H,2,12-18H2,1H3,(H,25,27). The Morgan fingerprint density at radius 2 is 1.72 bits per heavy atom. The summed E-state index contributed by atoms with van der Waals surface area (Å²) < 4.78 is 4.96. The highest BCUT2D eigenvalue weighted by Crippen LogP contribution is 2.21. The van der Waals surface area contributed by atoms with E-state index in [1.165, 1.54) is 18.4 Å².